The van der Waals surface area contributed by atoms with Crippen molar-refractivity contribution in [2.45, 2.75) is 84.7 Å². The molecule has 0 amide bonds. The fourth-order valence-corrected chi connectivity index (χ4v) is 3.65. The minimum absolute atomic E-state index is 0.396. The van der Waals surface area contributed by atoms with Crippen LogP contribution in [0.1, 0.15) is 79.1 Å². The fraction of sp³-hybridized carbons (Fsp3) is 1.00. The van der Waals surface area contributed by atoms with Gasteiger partial charge in [-0.1, -0.05) is 53.4 Å². The molecule has 1 nitrogen and oxygen atoms in total. The minimum atomic E-state index is -0.396. The van der Waals surface area contributed by atoms with Gasteiger partial charge in [0, 0.05) is 0 Å². The Morgan fingerprint density at radius 3 is 1.65 bits per heavy atom. The molecule has 0 saturated heterocycles. The molecule has 102 valence electrons. The van der Waals surface area contributed by atoms with Crippen molar-refractivity contribution in [1.29, 1.82) is 0 Å². The summed E-state index contributed by atoms with van der Waals surface area (Å²) in [7, 11) is 0. The molecule has 1 fully saturated rings. The van der Waals surface area contributed by atoms with Crippen molar-refractivity contribution < 1.29 is 5.11 Å². The fourth-order valence-electron chi connectivity index (χ4n) is 3.65. The van der Waals surface area contributed by atoms with Crippen LogP contribution in [0.15, 0.2) is 0 Å². The average Bonchev–Trinajstić information content (AvgIpc) is 2.42. The van der Waals surface area contributed by atoms with Gasteiger partial charge in [-0.2, -0.15) is 0 Å². The van der Waals surface area contributed by atoms with E-state index in [1.54, 1.807) is 0 Å². The zero-order valence-corrected chi connectivity index (χ0v) is 12.3. The topological polar surface area (TPSA) is 20.2 Å². The zero-order chi connectivity index (χ0) is 12.9. The van der Waals surface area contributed by atoms with Gasteiger partial charge < -0.3 is 5.11 Å². The van der Waals surface area contributed by atoms with Gasteiger partial charge in [-0.05, 0) is 43.4 Å². The standard InChI is InChI=1S/C16H32O/c1-13(2)11-16(17,12-14(3)4)15-9-7-5-6-8-10-15/h13-15,17H,5-12H2,1-4H3. The SMILES string of the molecule is CC(C)CC(O)(CC(C)C)C1CCCCCC1. The third-order valence-electron chi connectivity index (χ3n) is 4.14. The Morgan fingerprint density at radius 1 is 0.882 bits per heavy atom. The monoisotopic (exact) mass is 240 g/mol. The molecule has 1 heteroatoms. The minimum Gasteiger partial charge on any atom is -0.390 e. The van der Waals surface area contributed by atoms with Gasteiger partial charge in [-0.15, -0.1) is 0 Å². The summed E-state index contributed by atoms with van der Waals surface area (Å²) in [6.07, 6.45) is 9.84. The lowest BCUT2D eigenvalue weighted by Crippen LogP contribution is -2.40. The molecule has 1 aliphatic rings. The summed E-state index contributed by atoms with van der Waals surface area (Å²) in [5.41, 5.74) is -0.396. The highest BCUT2D eigenvalue weighted by Gasteiger charge is 2.37. The van der Waals surface area contributed by atoms with E-state index in [4.69, 9.17) is 0 Å². The highest BCUT2D eigenvalue weighted by Crippen LogP contribution is 2.39. The lowest BCUT2D eigenvalue weighted by Gasteiger charge is -2.39. The highest BCUT2D eigenvalue weighted by molar-refractivity contribution is 4.89. The van der Waals surface area contributed by atoms with Gasteiger partial charge in [-0.3, -0.25) is 0 Å². The second-order valence-electron chi connectivity index (χ2n) is 6.99. The second kappa shape index (κ2) is 6.78. The summed E-state index contributed by atoms with van der Waals surface area (Å²) in [5, 5.41) is 11.1. The van der Waals surface area contributed by atoms with E-state index in [0.29, 0.717) is 17.8 Å². The predicted molar refractivity (Wildman–Crippen MR) is 75.1 cm³/mol. The van der Waals surface area contributed by atoms with E-state index in [1.165, 1.54) is 38.5 Å². The maximum atomic E-state index is 11.1. The van der Waals surface area contributed by atoms with E-state index in [2.05, 4.69) is 27.7 Å². The molecule has 0 bridgehead atoms. The quantitative estimate of drug-likeness (QED) is 0.686. The summed E-state index contributed by atoms with van der Waals surface area (Å²) in [6, 6.07) is 0. The lowest BCUT2D eigenvalue weighted by molar-refractivity contribution is -0.0573. The Morgan fingerprint density at radius 2 is 1.29 bits per heavy atom. The molecule has 0 spiro atoms. The molecule has 0 aromatic carbocycles. The van der Waals surface area contributed by atoms with Gasteiger partial charge in [0.1, 0.15) is 0 Å². The number of hydrogen-bond acceptors (Lipinski definition) is 1. The number of rotatable bonds is 5. The molecule has 0 heterocycles. The van der Waals surface area contributed by atoms with Crippen molar-refractivity contribution in [2.75, 3.05) is 0 Å². The normalized spacial score (nSPS) is 19.9. The Hall–Kier alpha value is -0.0400. The van der Waals surface area contributed by atoms with E-state index < -0.39 is 5.60 Å². The van der Waals surface area contributed by atoms with Gasteiger partial charge in [0.05, 0.1) is 5.60 Å². The molecule has 0 unspecified atom stereocenters. The number of aliphatic hydroxyl groups is 1. The van der Waals surface area contributed by atoms with Crippen molar-refractivity contribution in [3.05, 3.63) is 0 Å². The molecular formula is C16H32O. The van der Waals surface area contributed by atoms with Crippen molar-refractivity contribution in [2.24, 2.45) is 17.8 Å². The smallest absolute Gasteiger partial charge is 0.0680 e. The molecular weight excluding hydrogens is 208 g/mol. The van der Waals surface area contributed by atoms with Crippen LogP contribution < -0.4 is 0 Å². The Bertz CT molecular complexity index is 190. The maximum absolute atomic E-state index is 11.1. The molecule has 0 aromatic heterocycles. The van der Waals surface area contributed by atoms with Crippen LogP contribution in [0.3, 0.4) is 0 Å². The van der Waals surface area contributed by atoms with E-state index in [-0.39, 0.29) is 0 Å². The summed E-state index contributed by atoms with van der Waals surface area (Å²) in [6.45, 7) is 8.95. The maximum Gasteiger partial charge on any atom is 0.0680 e. The first-order chi connectivity index (χ1) is 7.94. The molecule has 1 saturated carbocycles. The molecule has 0 aliphatic heterocycles. The molecule has 17 heavy (non-hydrogen) atoms. The van der Waals surface area contributed by atoms with E-state index in [9.17, 15) is 5.11 Å². The number of hydrogen-bond donors (Lipinski definition) is 1. The summed E-state index contributed by atoms with van der Waals surface area (Å²) in [4.78, 5) is 0. The Labute approximate surface area is 108 Å². The zero-order valence-electron chi connectivity index (χ0n) is 12.3. The third-order valence-corrected chi connectivity index (χ3v) is 4.14. The van der Waals surface area contributed by atoms with Gasteiger partial charge in [-0.25, -0.2) is 0 Å². The Kier molecular flexibility index (Phi) is 5.99. The molecule has 0 radical (unpaired) electrons. The third kappa shape index (κ3) is 4.99. The van der Waals surface area contributed by atoms with Crippen LogP contribution in [0.2, 0.25) is 0 Å². The van der Waals surface area contributed by atoms with Crippen molar-refractivity contribution in [1.82, 2.24) is 0 Å². The van der Waals surface area contributed by atoms with Crippen molar-refractivity contribution in [3.63, 3.8) is 0 Å². The van der Waals surface area contributed by atoms with Crippen LogP contribution in [-0.2, 0) is 0 Å². The van der Waals surface area contributed by atoms with Gasteiger partial charge in [0.2, 0.25) is 0 Å². The second-order valence-corrected chi connectivity index (χ2v) is 6.99. The molecule has 0 atom stereocenters. The Balaban J connectivity index is 2.71. The largest absolute Gasteiger partial charge is 0.390 e. The van der Waals surface area contributed by atoms with Crippen LogP contribution in [0.5, 0.6) is 0 Å². The van der Waals surface area contributed by atoms with Crippen LogP contribution in [0.25, 0.3) is 0 Å². The van der Waals surface area contributed by atoms with E-state index in [0.717, 1.165) is 12.8 Å². The van der Waals surface area contributed by atoms with Crippen molar-refractivity contribution in [3.8, 4) is 0 Å². The first kappa shape index (κ1) is 15.0. The lowest BCUT2D eigenvalue weighted by atomic mass is 9.73. The van der Waals surface area contributed by atoms with E-state index >= 15 is 0 Å². The summed E-state index contributed by atoms with van der Waals surface area (Å²) in [5.74, 6) is 1.75. The highest BCUT2D eigenvalue weighted by atomic mass is 16.3. The summed E-state index contributed by atoms with van der Waals surface area (Å²) < 4.78 is 0. The van der Waals surface area contributed by atoms with Gasteiger partial charge in [0.25, 0.3) is 0 Å². The molecule has 1 aliphatic carbocycles. The first-order valence-corrected chi connectivity index (χ1v) is 7.66. The first-order valence-electron chi connectivity index (χ1n) is 7.66. The van der Waals surface area contributed by atoms with Crippen LogP contribution in [-0.4, -0.2) is 10.7 Å². The molecule has 1 N–H and O–H groups in total. The van der Waals surface area contributed by atoms with Crippen molar-refractivity contribution >= 4 is 0 Å². The average molecular weight is 240 g/mol. The predicted octanol–water partition coefficient (Wildman–Crippen LogP) is 4.78. The van der Waals surface area contributed by atoms with E-state index in [1.807, 2.05) is 0 Å². The summed E-state index contributed by atoms with van der Waals surface area (Å²) >= 11 is 0. The molecule has 0 aromatic rings. The van der Waals surface area contributed by atoms with Gasteiger partial charge >= 0.3 is 0 Å². The van der Waals surface area contributed by atoms with Crippen LogP contribution in [0, 0.1) is 17.8 Å². The van der Waals surface area contributed by atoms with Crippen LogP contribution in [0.4, 0.5) is 0 Å². The van der Waals surface area contributed by atoms with Crippen LogP contribution >= 0.6 is 0 Å². The molecule has 1 rings (SSSR count). The van der Waals surface area contributed by atoms with Gasteiger partial charge in [0.15, 0.2) is 0 Å².